The molecule has 1 aromatic heterocycles. The molecule has 2 rings (SSSR count). The van der Waals surface area contributed by atoms with Crippen LogP contribution in [0.15, 0.2) is 0 Å². The maximum Gasteiger partial charge on any atom is 0.243 e. The van der Waals surface area contributed by atoms with Crippen molar-refractivity contribution in [3.8, 4) is 0 Å². The Labute approximate surface area is 110 Å². The first-order chi connectivity index (χ1) is 8.34. The second kappa shape index (κ2) is 4.18. The Kier molecular flexibility index (Phi) is 3.07. The summed E-state index contributed by atoms with van der Waals surface area (Å²) in [4.78, 5) is 4.59. The van der Waals surface area contributed by atoms with Crippen molar-refractivity contribution in [1.29, 1.82) is 0 Å². The zero-order valence-corrected chi connectivity index (χ0v) is 12.3. The lowest BCUT2D eigenvalue weighted by Gasteiger charge is -2.09. The molecule has 4 heteroatoms. The summed E-state index contributed by atoms with van der Waals surface area (Å²) in [5.41, 5.74) is 2.64. The van der Waals surface area contributed by atoms with Gasteiger partial charge < -0.3 is 5.32 Å². The Morgan fingerprint density at radius 2 is 1.50 bits per heavy atom. The SMILES string of the molecule is CCc1nnc(NC2C(C)(C)C2(C)C)nc1CC. The second-order valence-corrected chi connectivity index (χ2v) is 6.26. The topological polar surface area (TPSA) is 50.7 Å². The fourth-order valence-electron chi connectivity index (χ4n) is 2.69. The summed E-state index contributed by atoms with van der Waals surface area (Å²) in [7, 11) is 0. The number of nitrogens with zero attached hydrogens (tertiary/aromatic N) is 3. The zero-order chi connectivity index (χ0) is 13.6. The first-order valence-electron chi connectivity index (χ1n) is 6.83. The molecule has 1 heterocycles. The molecule has 0 amide bonds. The van der Waals surface area contributed by atoms with Gasteiger partial charge in [0.25, 0.3) is 0 Å². The number of hydrogen-bond donors (Lipinski definition) is 1. The van der Waals surface area contributed by atoms with E-state index in [4.69, 9.17) is 0 Å². The van der Waals surface area contributed by atoms with Crippen molar-refractivity contribution in [3.63, 3.8) is 0 Å². The monoisotopic (exact) mass is 248 g/mol. The second-order valence-electron chi connectivity index (χ2n) is 6.26. The van der Waals surface area contributed by atoms with Crippen molar-refractivity contribution < 1.29 is 0 Å². The predicted octanol–water partition coefficient (Wildman–Crippen LogP) is 2.84. The molecule has 0 unspecified atom stereocenters. The van der Waals surface area contributed by atoms with E-state index in [1.807, 2.05) is 0 Å². The van der Waals surface area contributed by atoms with E-state index in [0.29, 0.717) is 12.0 Å². The van der Waals surface area contributed by atoms with E-state index < -0.39 is 0 Å². The largest absolute Gasteiger partial charge is 0.349 e. The molecule has 1 aliphatic carbocycles. The van der Waals surface area contributed by atoms with E-state index in [0.717, 1.165) is 24.2 Å². The van der Waals surface area contributed by atoms with Gasteiger partial charge in [-0.25, -0.2) is 4.98 Å². The summed E-state index contributed by atoms with van der Waals surface area (Å²) in [6, 6.07) is 0.420. The van der Waals surface area contributed by atoms with Crippen LogP contribution >= 0.6 is 0 Å². The molecule has 0 bridgehead atoms. The number of aryl methyl sites for hydroxylation is 2. The van der Waals surface area contributed by atoms with E-state index in [9.17, 15) is 0 Å². The fourth-order valence-corrected chi connectivity index (χ4v) is 2.69. The molecule has 0 aliphatic heterocycles. The maximum absolute atomic E-state index is 4.59. The van der Waals surface area contributed by atoms with Gasteiger partial charge in [0.2, 0.25) is 5.95 Å². The molecule has 0 spiro atoms. The number of aromatic nitrogens is 3. The quantitative estimate of drug-likeness (QED) is 0.890. The average molecular weight is 248 g/mol. The van der Waals surface area contributed by atoms with Crippen molar-refractivity contribution >= 4 is 5.95 Å². The maximum atomic E-state index is 4.59. The molecule has 1 N–H and O–H groups in total. The van der Waals surface area contributed by atoms with Gasteiger partial charge in [0.05, 0.1) is 11.4 Å². The third kappa shape index (κ3) is 1.88. The van der Waals surface area contributed by atoms with E-state index in [2.05, 4.69) is 62.0 Å². The van der Waals surface area contributed by atoms with Gasteiger partial charge in [0, 0.05) is 6.04 Å². The van der Waals surface area contributed by atoms with E-state index in [1.54, 1.807) is 0 Å². The van der Waals surface area contributed by atoms with Gasteiger partial charge in [-0.15, -0.1) is 5.10 Å². The summed E-state index contributed by atoms with van der Waals surface area (Å²) >= 11 is 0. The Balaban J connectivity index is 2.17. The molecule has 18 heavy (non-hydrogen) atoms. The first kappa shape index (κ1) is 13.2. The fraction of sp³-hybridized carbons (Fsp3) is 0.786. The number of hydrogen-bond acceptors (Lipinski definition) is 4. The molecule has 1 aliphatic rings. The molecule has 0 atom stereocenters. The molecule has 0 radical (unpaired) electrons. The standard InChI is InChI=1S/C14H24N4/c1-7-9-10(8-2)17-18-12(15-9)16-11-13(3,4)14(11,5)6/h11H,7-8H2,1-6H3,(H,15,16,18). The summed E-state index contributed by atoms with van der Waals surface area (Å²) in [6.07, 6.45) is 1.80. The normalized spacial score (nSPS) is 20.8. The third-order valence-corrected chi connectivity index (χ3v) is 4.80. The molecule has 0 saturated heterocycles. The zero-order valence-electron chi connectivity index (χ0n) is 12.3. The van der Waals surface area contributed by atoms with Crippen LogP contribution in [0.2, 0.25) is 0 Å². The Morgan fingerprint density at radius 1 is 0.944 bits per heavy atom. The Bertz CT molecular complexity index is 437. The van der Waals surface area contributed by atoms with Crippen LogP contribution in [-0.2, 0) is 12.8 Å². The highest BCUT2D eigenvalue weighted by Crippen LogP contribution is 2.63. The number of anilines is 1. The molecule has 4 nitrogen and oxygen atoms in total. The lowest BCUT2D eigenvalue weighted by Crippen LogP contribution is -2.15. The predicted molar refractivity (Wildman–Crippen MR) is 73.6 cm³/mol. The minimum Gasteiger partial charge on any atom is -0.349 e. The van der Waals surface area contributed by atoms with Gasteiger partial charge in [0.1, 0.15) is 0 Å². The highest BCUT2D eigenvalue weighted by Gasteiger charge is 2.65. The highest BCUT2D eigenvalue weighted by atomic mass is 15.3. The molecule has 0 aromatic carbocycles. The van der Waals surface area contributed by atoms with Gasteiger partial charge in [-0.05, 0) is 23.7 Å². The van der Waals surface area contributed by atoms with Crippen LogP contribution in [0.25, 0.3) is 0 Å². The number of nitrogens with one attached hydrogen (secondary N) is 1. The highest BCUT2D eigenvalue weighted by molar-refractivity contribution is 5.36. The van der Waals surface area contributed by atoms with Gasteiger partial charge in [0.15, 0.2) is 0 Å². The smallest absolute Gasteiger partial charge is 0.243 e. The van der Waals surface area contributed by atoms with E-state index in [-0.39, 0.29) is 10.8 Å². The summed E-state index contributed by atoms with van der Waals surface area (Å²) in [5, 5.41) is 11.9. The van der Waals surface area contributed by atoms with Crippen LogP contribution in [0, 0.1) is 10.8 Å². The molecule has 1 aromatic rings. The molecule has 1 saturated carbocycles. The van der Waals surface area contributed by atoms with Crippen molar-refractivity contribution in [2.75, 3.05) is 5.32 Å². The lowest BCUT2D eigenvalue weighted by molar-refractivity contribution is 0.457. The van der Waals surface area contributed by atoms with Crippen LogP contribution < -0.4 is 5.32 Å². The van der Waals surface area contributed by atoms with Crippen LogP contribution in [0.1, 0.15) is 52.9 Å². The molecule has 100 valence electrons. The van der Waals surface area contributed by atoms with Crippen LogP contribution in [0.3, 0.4) is 0 Å². The van der Waals surface area contributed by atoms with Crippen molar-refractivity contribution in [2.24, 2.45) is 10.8 Å². The van der Waals surface area contributed by atoms with Gasteiger partial charge in [-0.3, -0.25) is 0 Å². The van der Waals surface area contributed by atoms with E-state index >= 15 is 0 Å². The van der Waals surface area contributed by atoms with Crippen LogP contribution in [0.4, 0.5) is 5.95 Å². The lowest BCUT2D eigenvalue weighted by atomic mass is 10.0. The first-order valence-corrected chi connectivity index (χ1v) is 6.83. The minimum absolute atomic E-state index is 0.284. The molecule has 1 fully saturated rings. The summed E-state index contributed by atoms with van der Waals surface area (Å²) in [5.74, 6) is 0.674. The Hall–Kier alpha value is -1.19. The number of rotatable bonds is 4. The van der Waals surface area contributed by atoms with Crippen molar-refractivity contribution in [2.45, 2.75) is 60.4 Å². The minimum atomic E-state index is 0.284. The molecular formula is C14H24N4. The van der Waals surface area contributed by atoms with Crippen molar-refractivity contribution in [1.82, 2.24) is 15.2 Å². The van der Waals surface area contributed by atoms with Crippen molar-refractivity contribution in [3.05, 3.63) is 11.4 Å². The van der Waals surface area contributed by atoms with Gasteiger partial charge in [-0.2, -0.15) is 5.10 Å². The summed E-state index contributed by atoms with van der Waals surface area (Å²) < 4.78 is 0. The third-order valence-electron chi connectivity index (χ3n) is 4.80. The summed E-state index contributed by atoms with van der Waals surface area (Å²) in [6.45, 7) is 13.3. The Morgan fingerprint density at radius 3 is 1.94 bits per heavy atom. The molecular weight excluding hydrogens is 224 g/mol. The van der Waals surface area contributed by atoms with Crippen LogP contribution in [0.5, 0.6) is 0 Å². The average Bonchev–Trinajstić information content (AvgIpc) is 2.71. The van der Waals surface area contributed by atoms with Gasteiger partial charge >= 0.3 is 0 Å². The van der Waals surface area contributed by atoms with Gasteiger partial charge in [-0.1, -0.05) is 41.5 Å². The van der Waals surface area contributed by atoms with E-state index in [1.165, 1.54) is 0 Å². The van der Waals surface area contributed by atoms with Crippen LogP contribution in [-0.4, -0.2) is 21.2 Å².